The lowest BCUT2D eigenvalue weighted by atomic mass is 9.83. The number of hydrogen-bond donors (Lipinski definition) is 0. The van der Waals surface area contributed by atoms with Crippen molar-refractivity contribution in [2.24, 2.45) is 0 Å². The molecule has 0 saturated carbocycles. The van der Waals surface area contributed by atoms with Gasteiger partial charge in [-0.1, -0.05) is 59.8 Å². The third-order valence-corrected chi connectivity index (χ3v) is 5.95. The number of hydrogen-bond acceptors (Lipinski definition) is 3. The summed E-state index contributed by atoms with van der Waals surface area (Å²) in [4.78, 5) is 2.42. The van der Waals surface area contributed by atoms with Gasteiger partial charge in [0.25, 0.3) is 0 Å². The zero-order valence-electron chi connectivity index (χ0n) is 16.6. The van der Waals surface area contributed by atoms with Crippen molar-refractivity contribution in [2.45, 2.75) is 26.3 Å². The Morgan fingerprint density at radius 3 is 2.57 bits per heavy atom. The fourth-order valence-corrected chi connectivity index (χ4v) is 4.61. The molecule has 2 heterocycles. The lowest BCUT2D eigenvalue weighted by Gasteiger charge is -2.33. The zero-order valence-corrected chi connectivity index (χ0v) is 16.6. The summed E-state index contributed by atoms with van der Waals surface area (Å²) in [6.07, 6.45) is 0. The van der Waals surface area contributed by atoms with Crippen LogP contribution in [0.25, 0.3) is 21.9 Å². The normalized spacial score (nSPS) is 17.0. The summed E-state index contributed by atoms with van der Waals surface area (Å²) in [6.45, 7) is 6.00. The van der Waals surface area contributed by atoms with Crippen LogP contribution in [0.2, 0.25) is 0 Å². The molecule has 0 spiro atoms. The van der Waals surface area contributed by atoms with Crippen molar-refractivity contribution in [2.75, 3.05) is 13.6 Å². The second-order valence-electron chi connectivity index (χ2n) is 7.97. The Hall–Kier alpha value is -2.91. The van der Waals surface area contributed by atoms with Gasteiger partial charge in [-0.05, 0) is 60.0 Å². The van der Waals surface area contributed by atoms with Crippen LogP contribution < -0.4 is 0 Å². The summed E-state index contributed by atoms with van der Waals surface area (Å²) in [5.41, 5.74) is 7.48. The van der Waals surface area contributed by atoms with Gasteiger partial charge in [0.1, 0.15) is 5.76 Å². The lowest BCUT2D eigenvalue weighted by molar-refractivity contribution is 0.295. The molecular formula is C25H24N2O. The molecule has 3 aromatic carbocycles. The summed E-state index contributed by atoms with van der Waals surface area (Å²) in [5.74, 6) is 1.27. The minimum atomic E-state index is 0.386. The van der Waals surface area contributed by atoms with E-state index in [1.807, 2.05) is 13.8 Å². The van der Waals surface area contributed by atoms with Crippen LogP contribution in [0.4, 0.5) is 0 Å². The van der Waals surface area contributed by atoms with E-state index in [-0.39, 0.29) is 0 Å². The van der Waals surface area contributed by atoms with Crippen LogP contribution in [0, 0.1) is 13.8 Å². The molecule has 4 aromatic rings. The Labute approximate surface area is 165 Å². The molecule has 1 atom stereocenters. The van der Waals surface area contributed by atoms with Crippen molar-refractivity contribution in [3.05, 3.63) is 88.8 Å². The van der Waals surface area contributed by atoms with E-state index in [1.165, 1.54) is 33.0 Å². The van der Waals surface area contributed by atoms with E-state index in [0.29, 0.717) is 5.92 Å². The van der Waals surface area contributed by atoms with Gasteiger partial charge < -0.3 is 9.42 Å². The summed E-state index contributed by atoms with van der Waals surface area (Å²) in [7, 11) is 2.21. The summed E-state index contributed by atoms with van der Waals surface area (Å²) in [6, 6.07) is 22.3. The first-order chi connectivity index (χ1) is 13.6. The van der Waals surface area contributed by atoms with Gasteiger partial charge in [-0.15, -0.1) is 0 Å². The van der Waals surface area contributed by atoms with Gasteiger partial charge in [-0.3, -0.25) is 0 Å². The predicted molar refractivity (Wildman–Crippen MR) is 114 cm³/mol. The van der Waals surface area contributed by atoms with E-state index in [9.17, 15) is 0 Å². The van der Waals surface area contributed by atoms with Crippen LogP contribution in [0.1, 0.15) is 34.1 Å². The molecule has 140 valence electrons. The molecule has 3 heteroatoms. The Bertz CT molecular complexity index is 1150. The van der Waals surface area contributed by atoms with Gasteiger partial charge in [0, 0.05) is 24.6 Å². The maximum Gasteiger partial charge on any atom is 0.141 e. The fourth-order valence-electron chi connectivity index (χ4n) is 4.61. The second-order valence-corrected chi connectivity index (χ2v) is 7.97. The Morgan fingerprint density at radius 1 is 0.964 bits per heavy atom. The number of aryl methyl sites for hydroxylation is 2. The monoisotopic (exact) mass is 368 g/mol. The van der Waals surface area contributed by atoms with Crippen molar-refractivity contribution in [1.82, 2.24) is 10.1 Å². The third kappa shape index (κ3) is 2.83. The summed E-state index contributed by atoms with van der Waals surface area (Å²) in [5, 5.41) is 6.73. The standard InChI is InChI=1S/C25H24N2O/c1-16-25(17(2)28-26-16)21-10-11-23-22(13-21)14-27(3)15-24(23)20-9-8-18-6-4-5-7-19(18)12-20/h4-13,24H,14-15H2,1-3H3. The van der Waals surface area contributed by atoms with E-state index in [0.717, 1.165) is 30.1 Å². The topological polar surface area (TPSA) is 29.3 Å². The zero-order chi connectivity index (χ0) is 19.3. The van der Waals surface area contributed by atoms with Crippen LogP contribution in [0.5, 0.6) is 0 Å². The fraction of sp³-hybridized carbons (Fsp3) is 0.240. The largest absolute Gasteiger partial charge is 0.361 e. The number of fused-ring (bicyclic) bond motifs is 2. The number of aromatic nitrogens is 1. The van der Waals surface area contributed by atoms with Crippen molar-refractivity contribution >= 4 is 10.8 Å². The predicted octanol–water partition coefficient (Wildman–Crippen LogP) is 5.69. The van der Waals surface area contributed by atoms with Gasteiger partial charge in [-0.25, -0.2) is 0 Å². The average molecular weight is 368 g/mol. The van der Waals surface area contributed by atoms with Crippen molar-refractivity contribution in [3.8, 4) is 11.1 Å². The molecule has 3 nitrogen and oxygen atoms in total. The maximum absolute atomic E-state index is 5.39. The Morgan fingerprint density at radius 2 is 1.79 bits per heavy atom. The van der Waals surface area contributed by atoms with Gasteiger partial charge in [0.15, 0.2) is 0 Å². The highest BCUT2D eigenvalue weighted by atomic mass is 16.5. The molecular weight excluding hydrogens is 344 g/mol. The van der Waals surface area contributed by atoms with E-state index >= 15 is 0 Å². The van der Waals surface area contributed by atoms with Gasteiger partial charge in [0.05, 0.1) is 5.69 Å². The molecule has 0 aliphatic carbocycles. The van der Waals surface area contributed by atoms with Crippen molar-refractivity contribution in [3.63, 3.8) is 0 Å². The summed E-state index contributed by atoms with van der Waals surface area (Å²) < 4.78 is 5.39. The van der Waals surface area contributed by atoms with Gasteiger partial charge in [0.2, 0.25) is 0 Å². The molecule has 1 unspecified atom stereocenters. The summed E-state index contributed by atoms with van der Waals surface area (Å²) >= 11 is 0. The molecule has 0 fully saturated rings. The smallest absolute Gasteiger partial charge is 0.141 e. The van der Waals surface area contributed by atoms with Crippen LogP contribution in [0.3, 0.4) is 0 Å². The quantitative estimate of drug-likeness (QED) is 0.455. The number of benzene rings is 3. The van der Waals surface area contributed by atoms with Crippen LogP contribution in [0.15, 0.2) is 65.2 Å². The number of likely N-dealkylation sites (N-methyl/N-ethyl adjacent to an activating group) is 1. The van der Waals surface area contributed by atoms with Gasteiger partial charge >= 0.3 is 0 Å². The van der Waals surface area contributed by atoms with E-state index in [1.54, 1.807) is 0 Å². The van der Waals surface area contributed by atoms with E-state index < -0.39 is 0 Å². The lowest BCUT2D eigenvalue weighted by Crippen LogP contribution is -2.31. The molecule has 1 aromatic heterocycles. The maximum atomic E-state index is 5.39. The first-order valence-corrected chi connectivity index (χ1v) is 9.83. The molecule has 0 N–H and O–H groups in total. The molecule has 0 bridgehead atoms. The molecule has 1 aliphatic heterocycles. The highest BCUT2D eigenvalue weighted by molar-refractivity contribution is 5.83. The Balaban J connectivity index is 1.60. The molecule has 5 rings (SSSR count). The van der Waals surface area contributed by atoms with Crippen molar-refractivity contribution in [1.29, 1.82) is 0 Å². The highest BCUT2D eigenvalue weighted by Gasteiger charge is 2.26. The van der Waals surface area contributed by atoms with Crippen LogP contribution in [-0.4, -0.2) is 23.6 Å². The second kappa shape index (κ2) is 6.61. The number of rotatable bonds is 2. The molecule has 0 amide bonds. The molecule has 1 aliphatic rings. The number of nitrogens with zero attached hydrogens (tertiary/aromatic N) is 2. The third-order valence-electron chi connectivity index (χ3n) is 5.95. The van der Waals surface area contributed by atoms with Crippen LogP contribution >= 0.6 is 0 Å². The first-order valence-electron chi connectivity index (χ1n) is 9.83. The highest BCUT2D eigenvalue weighted by Crippen LogP contribution is 2.37. The minimum Gasteiger partial charge on any atom is -0.361 e. The van der Waals surface area contributed by atoms with E-state index in [4.69, 9.17) is 4.52 Å². The molecule has 0 saturated heterocycles. The minimum absolute atomic E-state index is 0.386. The first kappa shape index (κ1) is 17.2. The SMILES string of the molecule is Cc1noc(C)c1-c1ccc2c(c1)CN(C)CC2c1ccc2ccccc2c1. The average Bonchev–Trinajstić information content (AvgIpc) is 3.04. The Kier molecular flexibility index (Phi) is 4.06. The van der Waals surface area contributed by atoms with E-state index in [2.05, 4.69) is 77.8 Å². The molecule has 28 heavy (non-hydrogen) atoms. The van der Waals surface area contributed by atoms with Crippen LogP contribution in [-0.2, 0) is 6.54 Å². The molecule has 0 radical (unpaired) electrons. The van der Waals surface area contributed by atoms with Gasteiger partial charge in [-0.2, -0.15) is 0 Å². The van der Waals surface area contributed by atoms with Crippen molar-refractivity contribution < 1.29 is 4.52 Å².